The highest BCUT2D eigenvalue weighted by atomic mass is 16.5. The highest BCUT2D eigenvalue weighted by molar-refractivity contribution is 5.87. The van der Waals surface area contributed by atoms with Gasteiger partial charge in [-0.2, -0.15) is 0 Å². The molecule has 0 bridgehead atoms. The second kappa shape index (κ2) is 6.39. The summed E-state index contributed by atoms with van der Waals surface area (Å²) in [5, 5.41) is 5.31. The van der Waals surface area contributed by atoms with E-state index in [1.54, 1.807) is 7.11 Å². The molecule has 20 heavy (non-hydrogen) atoms. The SMILES string of the molecule is CCCNC(C(N)=O)c1ccc2cc(OC)ccc2c1. The van der Waals surface area contributed by atoms with E-state index < -0.39 is 6.04 Å². The third-order valence-corrected chi connectivity index (χ3v) is 3.29. The number of methoxy groups -OCH3 is 1. The van der Waals surface area contributed by atoms with Crippen LogP contribution in [0.5, 0.6) is 5.75 Å². The lowest BCUT2D eigenvalue weighted by Crippen LogP contribution is -2.34. The van der Waals surface area contributed by atoms with E-state index in [1.807, 2.05) is 36.4 Å². The molecule has 0 saturated heterocycles. The smallest absolute Gasteiger partial charge is 0.239 e. The molecule has 4 heteroatoms. The summed E-state index contributed by atoms with van der Waals surface area (Å²) >= 11 is 0. The fraction of sp³-hybridized carbons (Fsp3) is 0.312. The van der Waals surface area contributed by atoms with Gasteiger partial charge in [0.25, 0.3) is 0 Å². The topological polar surface area (TPSA) is 64.3 Å². The van der Waals surface area contributed by atoms with Gasteiger partial charge < -0.3 is 15.8 Å². The molecule has 2 aromatic carbocycles. The Bertz CT molecular complexity index is 610. The average molecular weight is 272 g/mol. The van der Waals surface area contributed by atoms with Crippen molar-refractivity contribution in [3.63, 3.8) is 0 Å². The molecule has 0 aliphatic carbocycles. The standard InChI is InChI=1S/C16H20N2O2/c1-3-8-18-15(16(17)19)13-5-4-12-10-14(20-2)7-6-11(12)9-13/h4-7,9-10,15,18H,3,8H2,1-2H3,(H2,17,19). The monoisotopic (exact) mass is 272 g/mol. The molecule has 1 atom stereocenters. The number of carbonyl (C=O) groups excluding carboxylic acids is 1. The number of benzene rings is 2. The molecule has 1 unspecified atom stereocenters. The summed E-state index contributed by atoms with van der Waals surface area (Å²) in [6.45, 7) is 2.81. The number of nitrogens with one attached hydrogen (secondary N) is 1. The fourth-order valence-corrected chi connectivity index (χ4v) is 2.22. The third-order valence-electron chi connectivity index (χ3n) is 3.29. The molecule has 2 rings (SSSR count). The molecule has 1 amide bonds. The molecular weight excluding hydrogens is 252 g/mol. The molecule has 4 nitrogen and oxygen atoms in total. The van der Waals surface area contributed by atoms with E-state index in [-0.39, 0.29) is 5.91 Å². The van der Waals surface area contributed by atoms with Crippen molar-refractivity contribution >= 4 is 16.7 Å². The van der Waals surface area contributed by atoms with Gasteiger partial charge in [-0.1, -0.05) is 25.1 Å². The Labute approximate surface area is 118 Å². The molecular formula is C16H20N2O2. The largest absolute Gasteiger partial charge is 0.497 e. The molecule has 2 aromatic rings. The number of nitrogens with two attached hydrogens (primary N) is 1. The van der Waals surface area contributed by atoms with Crippen LogP contribution in [0, 0.1) is 0 Å². The summed E-state index contributed by atoms with van der Waals surface area (Å²) in [7, 11) is 1.65. The number of primary amides is 1. The van der Waals surface area contributed by atoms with Crippen molar-refractivity contribution in [3.05, 3.63) is 42.0 Å². The Morgan fingerprint density at radius 1 is 1.25 bits per heavy atom. The number of carbonyl (C=O) groups is 1. The van der Waals surface area contributed by atoms with Crippen molar-refractivity contribution in [2.75, 3.05) is 13.7 Å². The fourth-order valence-electron chi connectivity index (χ4n) is 2.22. The minimum Gasteiger partial charge on any atom is -0.497 e. The zero-order chi connectivity index (χ0) is 14.5. The van der Waals surface area contributed by atoms with Gasteiger partial charge in [0.2, 0.25) is 5.91 Å². The second-order valence-electron chi connectivity index (χ2n) is 4.76. The van der Waals surface area contributed by atoms with E-state index in [1.165, 1.54) is 0 Å². The second-order valence-corrected chi connectivity index (χ2v) is 4.76. The van der Waals surface area contributed by atoms with Crippen LogP contribution < -0.4 is 15.8 Å². The van der Waals surface area contributed by atoms with Gasteiger partial charge >= 0.3 is 0 Å². The van der Waals surface area contributed by atoms with E-state index >= 15 is 0 Å². The van der Waals surface area contributed by atoms with Gasteiger partial charge in [0.15, 0.2) is 0 Å². The van der Waals surface area contributed by atoms with Gasteiger partial charge in [0.1, 0.15) is 11.8 Å². The average Bonchev–Trinajstić information content (AvgIpc) is 2.46. The van der Waals surface area contributed by atoms with Crippen LogP contribution in [0.4, 0.5) is 0 Å². The van der Waals surface area contributed by atoms with Crippen LogP contribution in [0.15, 0.2) is 36.4 Å². The Kier molecular flexibility index (Phi) is 4.58. The maximum Gasteiger partial charge on any atom is 0.239 e. The van der Waals surface area contributed by atoms with Gasteiger partial charge in [-0.15, -0.1) is 0 Å². The van der Waals surface area contributed by atoms with Crippen LogP contribution in [0.3, 0.4) is 0 Å². The molecule has 0 fully saturated rings. The van der Waals surface area contributed by atoms with Crippen molar-refractivity contribution < 1.29 is 9.53 Å². The highest BCUT2D eigenvalue weighted by Gasteiger charge is 2.16. The predicted molar refractivity (Wildman–Crippen MR) is 80.7 cm³/mol. The first kappa shape index (κ1) is 14.3. The van der Waals surface area contributed by atoms with Gasteiger partial charge in [0.05, 0.1) is 7.11 Å². The first-order valence-corrected chi connectivity index (χ1v) is 6.76. The first-order valence-electron chi connectivity index (χ1n) is 6.76. The number of hydrogen-bond acceptors (Lipinski definition) is 3. The maximum absolute atomic E-state index is 11.6. The number of amides is 1. The summed E-state index contributed by atoms with van der Waals surface area (Å²) in [6, 6.07) is 11.3. The summed E-state index contributed by atoms with van der Waals surface area (Å²) in [5.74, 6) is 0.465. The summed E-state index contributed by atoms with van der Waals surface area (Å²) in [4.78, 5) is 11.6. The predicted octanol–water partition coefficient (Wildman–Crippen LogP) is 2.37. The highest BCUT2D eigenvalue weighted by Crippen LogP contribution is 2.24. The van der Waals surface area contributed by atoms with Gasteiger partial charge in [0, 0.05) is 0 Å². The van der Waals surface area contributed by atoms with E-state index in [2.05, 4.69) is 12.2 Å². The molecule has 0 saturated carbocycles. The first-order chi connectivity index (χ1) is 9.65. The van der Waals surface area contributed by atoms with E-state index in [4.69, 9.17) is 10.5 Å². The van der Waals surface area contributed by atoms with E-state index in [0.29, 0.717) is 0 Å². The zero-order valence-corrected chi connectivity index (χ0v) is 11.8. The molecule has 0 aromatic heterocycles. The lowest BCUT2D eigenvalue weighted by atomic mass is 10.0. The number of ether oxygens (including phenoxy) is 1. The van der Waals surface area contributed by atoms with Crippen LogP contribution in [0.1, 0.15) is 24.9 Å². The van der Waals surface area contributed by atoms with Crippen LogP contribution in [0.2, 0.25) is 0 Å². The molecule has 0 heterocycles. The normalized spacial score (nSPS) is 12.3. The van der Waals surface area contributed by atoms with Crippen LogP contribution in [-0.4, -0.2) is 19.6 Å². The van der Waals surface area contributed by atoms with Crippen molar-refractivity contribution in [3.8, 4) is 5.75 Å². The van der Waals surface area contributed by atoms with Crippen LogP contribution in [0.25, 0.3) is 10.8 Å². The zero-order valence-electron chi connectivity index (χ0n) is 11.8. The summed E-state index contributed by atoms with van der Waals surface area (Å²) in [6.07, 6.45) is 0.953. The molecule has 0 aliphatic rings. The lowest BCUT2D eigenvalue weighted by molar-refractivity contribution is -0.120. The molecule has 106 valence electrons. The van der Waals surface area contributed by atoms with Gasteiger partial charge in [-0.3, -0.25) is 4.79 Å². The quantitative estimate of drug-likeness (QED) is 0.848. The molecule has 0 spiro atoms. The van der Waals surface area contributed by atoms with Crippen molar-refractivity contribution in [2.45, 2.75) is 19.4 Å². The summed E-state index contributed by atoms with van der Waals surface area (Å²) in [5.41, 5.74) is 6.37. The number of fused-ring (bicyclic) bond motifs is 1. The van der Waals surface area contributed by atoms with Crippen molar-refractivity contribution in [1.29, 1.82) is 0 Å². The summed E-state index contributed by atoms with van der Waals surface area (Å²) < 4.78 is 5.20. The van der Waals surface area contributed by atoms with E-state index in [9.17, 15) is 4.79 Å². The minimum absolute atomic E-state index is 0.355. The van der Waals surface area contributed by atoms with Crippen molar-refractivity contribution in [1.82, 2.24) is 5.32 Å². The van der Waals surface area contributed by atoms with E-state index in [0.717, 1.165) is 35.1 Å². The molecule has 0 aliphatic heterocycles. The van der Waals surface area contributed by atoms with Crippen molar-refractivity contribution in [2.24, 2.45) is 5.73 Å². The number of rotatable bonds is 6. The Morgan fingerprint density at radius 3 is 2.60 bits per heavy atom. The third kappa shape index (κ3) is 3.08. The van der Waals surface area contributed by atoms with Gasteiger partial charge in [-0.25, -0.2) is 0 Å². The molecule has 0 radical (unpaired) electrons. The maximum atomic E-state index is 11.6. The Hall–Kier alpha value is -2.07. The lowest BCUT2D eigenvalue weighted by Gasteiger charge is -2.16. The van der Waals surface area contributed by atoms with Crippen LogP contribution >= 0.6 is 0 Å². The number of hydrogen-bond donors (Lipinski definition) is 2. The van der Waals surface area contributed by atoms with Crippen LogP contribution in [-0.2, 0) is 4.79 Å². The van der Waals surface area contributed by atoms with Gasteiger partial charge in [-0.05, 0) is 47.5 Å². The Balaban J connectivity index is 2.36. The molecule has 3 N–H and O–H groups in total. The minimum atomic E-state index is -0.443. The Morgan fingerprint density at radius 2 is 1.95 bits per heavy atom.